The summed E-state index contributed by atoms with van der Waals surface area (Å²) < 4.78 is 20.1. The molecule has 5 rings (SSSR count). The lowest BCUT2D eigenvalue weighted by Gasteiger charge is -2.26. The number of amides is 1. The zero-order chi connectivity index (χ0) is 23.7. The summed E-state index contributed by atoms with van der Waals surface area (Å²) in [5, 5.41) is 6.36. The first kappa shape index (κ1) is 22.8. The van der Waals surface area contributed by atoms with Crippen LogP contribution in [0.5, 0.6) is 0 Å². The summed E-state index contributed by atoms with van der Waals surface area (Å²) >= 11 is 0. The fraction of sp³-hybridized carbons (Fsp3) is 0.393. The van der Waals surface area contributed by atoms with Crippen molar-refractivity contribution in [3.63, 3.8) is 0 Å². The van der Waals surface area contributed by atoms with Crippen molar-refractivity contribution < 1.29 is 13.9 Å². The number of allylic oxidation sites excluding steroid dienone is 1. The third-order valence-corrected chi connectivity index (χ3v) is 6.91. The van der Waals surface area contributed by atoms with Crippen LogP contribution in [0.1, 0.15) is 49.8 Å². The SMILES string of the molecule is CC1(C)OC(=C2C(=O)Nc3ccc(F)cc32)C=C1c1ccc(CNCCN2CCCCC2)cc1. The molecule has 3 aliphatic heterocycles. The molecule has 0 bridgehead atoms. The number of hydrogen-bond donors (Lipinski definition) is 2. The van der Waals surface area contributed by atoms with Gasteiger partial charge in [0.2, 0.25) is 0 Å². The van der Waals surface area contributed by atoms with Crippen LogP contribution in [-0.4, -0.2) is 42.6 Å². The molecule has 178 valence electrons. The van der Waals surface area contributed by atoms with Gasteiger partial charge in [-0.25, -0.2) is 4.39 Å². The Bertz CT molecular complexity index is 1140. The van der Waals surface area contributed by atoms with Crippen LogP contribution < -0.4 is 10.6 Å². The highest BCUT2D eigenvalue weighted by Crippen LogP contribution is 2.44. The maximum absolute atomic E-state index is 13.9. The molecule has 3 heterocycles. The minimum Gasteiger partial charge on any atom is -0.482 e. The van der Waals surface area contributed by atoms with Gasteiger partial charge >= 0.3 is 0 Å². The van der Waals surface area contributed by atoms with E-state index in [1.165, 1.54) is 50.0 Å². The summed E-state index contributed by atoms with van der Waals surface area (Å²) in [5.74, 6) is -0.171. The molecule has 5 nitrogen and oxygen atoms in total. The number of nitrogens with one attached hydrogen (secondary N) is 2. The second-order valence-corrected chi connectivity index (χ2v) is 9.83. The van der Waals surface area contributed by atoms with Gasteiger partial charge in [0.25, 0.3) is 5.91 Å². The van der Waals surface area contributed by atoms with Crippen molar-refractivity contribution in [2.45, 2.75) is 45.3 Å². The van der Waals surface area contributed by atoms with Crippen LogP contribution in [-0.2, 0) is 16.1 Å². The average molecular weight is 462 g/mol. The van der Waals surface area contributed by atoms with E-state index in [-0.39, 0.29) is 11.7 Å². The molecule has 0 saturated carbocycles. The maximum Gasteiger partial charge on any atom is 0.260 e. The number of piperidine rings is 1. The van der Waals surface area contributed by atoms with Crippen LogP contribution in [0, 0.1) is 5.82 Å². The number of rotatable bonds is 6. The highest BCUT2D eigenvalue weighted by molar-refractivity contribution is 6.32. The Balaban J connectivity index is 1.30. The number of carbonyl (C=O) groups is 1. The molecule has 2 N–H and O–H groups in total. The van der Waals surface area contributed by atoms with Crippen LogP contribution >= 0.6 is 0 Å². The monoisotopic (exact) mass is 461 g/mol. The van der Waals surface area contributed by atoms with Crippen molar-refractivity contribution in [3.8, 4) is 0 Å². The minimum absolute atomic E-state index is 0.269. The summed E-state index contributed by atoms with van der Waals surface area (Å²) in [6.45, 7) is 9.37. The van der Waals surface area contributed by atoms with E-state index in [4.69, 9.17) is 4.74 Å². The summed E-state index contributed by atoms with van der Waals surface area (Å²) in [6, 6.07) is 12.8. The second-order valence-electron chi connectivity index (χ2n) is 9.83. The van der Waals surface area contributed by atoms with Crippen LogP contribution in [0.4, 0.5) is 10.1 Å². The predicted molar refractivity (Wildman–Crippen MR) is 134 cm³/mol. The second kappa shape index (κ2) is 9.35. The Kier molecular flexibility index (Phi) is 6.28. The fourth-order valence-electron chi connectivity index (χ4n) is 5.06. The lowest BCUT2D eigenvalue weighted by atomic mass is 9.91. The van der Waals surface area contributed by atoms with E-state index in [1.54, 1.807) is 6.07 Å². The molecule has 2 aromatic rings. The van der Waals surface area contributed by atoms with Gasteiger partial charge in [0, 0.05) is 36.5 Å². The summed E-state index contributed by atoms with van der Waals surface area (Å²) in [7, 11) is 0. The topological polar surface area (TPSA) is 53.6 Å². The first-order valence-electron chi connectivity index (χ1n) is 12.2. The van der Waals surface area contributed by atoms with Gasteiger partial charge in [0.1, 0.15) is 17.2 Å². The zero-order valence-corrected chi connectivity index (χ0v) is 19.9. The molecule has 6 heteroatoms. The van der Waals surface area contributed by atoms with E-state index in [0.717, 1.165) is 30.8 Å². The van der Waals surface area contributed by atoms with Gasteiger partial charge in [-0.05, 0) is 75.2 Å². The van der Waals surface area contributed by atoms with Gasteiger partial charge in [0.05, 0.1) is 5.57 Å². The van der Waals surface area contributed by atoms with Gasteiger partial charge in [-0.3, -0.25) is 4.79 Å². The number of ether oxygens (including phenoxy) is 1. The van der Waals surface area contributed by atoms with Crippen molar-refractivity contribution in [1.82, 2.24) is 10.2 Å². The molecule has 2 aromatic carbocycles. The molecular weight excluding hydrogens is 429 g/mol. The summed E-state index contributed by atoms with van der Waals surface area (Å²) in [5.41, 5.74) is 4.21. The first-order chi connectivity index (χ1) is 16.4. The first-order valence-corrected chi connectivity index (χ1v) is 12.2. The number of anilines is 1. The number of halogens is 1. The third-order valence-electron chi connectivity index (χ3n) is 6.91. The molecule has 1 amide bonds. The van der Waals surface area contributed by atoms with E-state index in [2.05, 4.69) is 39.8 Å². The summed E-state index contributed by atoms with van der Waals surface area (Å²) in [6.07, 6.45) is 5.93. The number of hydrogen-bond acceptors (Lipinski definition) is 4. The quantitative estimate of drug-likeness (QED) is 0.472. The molecule has 1 saturated heterocycles. The van der Waals surface area contributed by atoms with Crippen LogP contribution in [0.3, 0.4) is 0 Å². The fourth-order valence-corrected chi connectivity index (χ4v) is 5.06. The van der Waals surface area contributed by atoms with E-state index in [9.17, 15) is 9.18 Å². The average Bonchev–Trinajstić information content (AvgIpc) is 3.32. The number of benzene rings is 2. The van der Waals surface area contributed by atoms with E-state index in [0.29, 0.717) is 22.6 Å². The van der Waals surface area contributed by atoms with Crippen LogP contribution in [0.2, 0.25) is 0 Å². The highest BCUT2D eigenvalue weighted by atomic mass is 19.1. The molecule has 0 aliphatic carbocycles. The smallest absolute Gasteiger partial charge is 0.260 e. The molecule has 34 heavy (non-hydrogen) atoms. The Labute approximate surface area is 200 Å². The molecule has 3 aliphatic rings. The number of nitrogens with zero attached hydrogens (tertiary/aromatic N) is 1. The highest BCUT2D eigenvalue weighted by Gasteiger charge is 2.38. The maximum atomic E-state index is 13.9. The molecule has 0 atom stereocenters. The zero-order valence-electron chi connectivity index (χ0n) is 19.9. The van der Waals surface area contributed by atoms with Crippen molar-refractivity contribution in [2.75, 3.05) is 31.5 Å². The Morgan fingerprint density at radius 1 is 1.09 bits per heavy atom. The Morgan fingerprint density at radius 3 is 2.62 bits per heavy atom. The van der Waals surface area contributed by atoms with Crippen molar-refractivity contribution in [2.24, 2.45) is 0 Å². The predicted octanol–water partition coefficient (Wildman–Crippen LogP) is 4.96. The number of carbonyl (C=O) groups excluding carboxylic acids is 1. The van der Waals surface area contributed by atoms with Crippen LogP contribution in [0.25, 0.3) is 11.1 Å². The van der Waals surface area contributed by atoms with Gasteiger partial charge in [-0.1, -0.05) is 30.7 Å². The van der Waals surface area contributed by atoms with Crippen molar-refractivity contribution in [3.05, 3.63) is 76.8 Å². The van der Waals surface area contributed by atoms with Gasteiger partial charge in [-0.2, -0.15) is 0 Å². The van der Waals surface area contributed by atoms with Gasteiger partial charge in [-0.15, -0.1) is 0 Å². The van der Waals surface area contributed by atoms with Crippen molar-refractivity contribution >= 4 is 22.7 Å². The molecule has 0 radical (unpaired) electrons. The number of fused-ring (bicyclic) bond motifs is 1. The molecule has 0 aromatic heterocycles. The molecule has 1 fully saturated rings. The van der Waals surface area contributed by atoms with Crippen LogP contribution in [0.15, 0.2) is 54.3 Å². The third kappa shape index (κ3) is 4.65. The summed E-state index contributed by atoms with van der Waals surface area (Å²) in [4.78, 5) is 15.2. The van der Waals surface area contributed by atoms with E-state index in [1.807, 2.05) is 19.9 Å². The normalized spacial score (nSPS) is 21.7. The standard InChI is InChI=1S/C28H32FN3O2/c1-28(2)23(17-25(34-28)26-22-16-21(29)10-11-24(22)31-27(26)33)20-8-6-19(7-9-20)18-30-12-15-32-13-4-3-5-14-32/h6-11,16-17,30H,3-5,12-15,18H2,1-2H3,(H,31,33). The lowest BCUT2D eigenvalue weighted by Crippen LogP contribution is -2.35. The largest absolute Gasteiger partial charge is 0.482 e. The number of likely N-dealkylation sites (tertiary alicyclic amines) is 1. The molecule has 0 unspecified atom stereocenters. The van der Waals surface area contributed by atoms with Gasteiger partial charge < -0.3 is 20.3 Å². The van der Waals surface area contributed by atoms with Crippen molar-refractivity contribution in [1.29, 1.82) is 0 Å². The Hall–Kier alpha value is -2.96. The van der Waals surface area contributed by atoms with Gasteiger partial charge in [0.15, 0.2) is 0 Å². The minimum atomic E-state index is -0.604. The molecular formula is C28H32FN3O2. The van der Waals surface area contributed by atoms with E-state index >= 15 is 0 Å². The Morgan fingerprint density at radius 2 is 1.85 bits per heavy atom. The lowest BCUT2D eigenvalue weighted by molar-refractivity contribution is -0.111. The van der Waals surface area contributed by atoms with E-state index < -0.39 is 5.60 Å². The molecule has 0 spiro atoms.